The van der Waals surface area contributed by atoms with Gasteiger partial charge >= 0.3 is 0 Å². The van der Waals surface area contributed by atoms with Crippen LogP contribution in [0.2, 0.25) is 15.1 Å². The number of nitrogens with one attached hydrogen (secondary N) is 2. The van der Waals surface area contributed by atoms with Crippen LogP contribution in [0.1, 0.15) is 18.1 Å². The smallest absolute Gasteiger partial charge is 0.252 e. The van der Waals surface area contributed by atoms with Gasteiger partial charge in [0.2, 0.25) is 5.91 Å². The van der Waals surface area contributed by atoms with E-state index < -0.39 is 23.5 Å². The van der Waals surface area contributed by atoms with E-state index in [-0.39, 0.29) is 12.3 Å². The molecule has 3 aromatic carbocycles. The molecule has 0 aliphatic carbocycles. The minimum Gasteiger partial charge on any atom is -0.488 e. The molecular weight excluding hydrogens is 504 g/mol. The van der Waals surface area contributed by atoms with Gasteiger partial charge in [0.15, 0.2) is 0 Å². The zero-order valence-electron chi connectivity index (χ0n) is 17.8. The van der Waals surface area contributed by atoms with E-state index in [1.54, 1.807) is 42.5 Å². The number of hydrogen-bond acceptors (Lipinski definition) is 4. The van der Waals surface area contributed by atoms with Crippen LogP contribution in [0.3, 0.4) is 0 Å². The highest BCUT2D eigenvalue weighted by Gasteiger charge is 2.22. The lowest BCUT2D eigenvalue weighted by atomic mass is 10.1. The Morgan fingerprint density at radius 2 is 1.74 bits per heavy atom. The molecule has 3 aromatic rings. The lowest BCUT2D eigenvalue weighted by molar-refractivity contribution is -0.131. The van der Waals surface area contributed by atoms with Crippen LogP contribution in [-0.4, -0.2) is 18.0 Å². The molecule has 0 spiro atoms. The standard InChI is InChI=1S/C24H19Cl3FN3O3/c1-14(23(32)30-21-5-3-2-4-20(21)28)24(33)31-29-12-16-10-17(25)8-9-22(16)34-13-15-6-7-18(26)11-19(15)27/h2-12,14H,13H2,1H3,(H,30,32)(H,31,33). The van der Waals surface area contributed by atoms with E-state index in [0.29, 0.717) is 26.4 Å². The number of amides is 2. The van der Waals surface area contributed by atoms with E-state index in [2.05, 4.69) is 15.8 Å². The molecule has 0 fully saturated rings. The number of anilines is 1. The van der Waals surface area contributed by atoms with E-state index in [9.17, 15) is 14.0 Å². The molecule has 0 aromatic heterocycles. The molecule has 0 heterocycles. The molecule has 0 bridgehead atoms. The third kappa shape index (κ3) is 6.93. The number of halogens is 4. The van der Waals surface area contributed by atoms with Crippen molar-refractivity contribution in [1.29, 1.82) is 0 Å². The highest BCUT2D eigenvalue weighted by Crippen LogP contribution is 2.25. The zero-order chi connectivity index (χ0) is 24.7. The van der Waals surface area contributed by atoms with Crippen LogP contribution in [-0.2, 0) is 16.2 Å². The van der Waals surface area contributed by atoms with Gasteiger partial charge in [0.05, 0.1) is 11.9 Å². The normalized spacial score (nSPS) is 11.8. The van der Waals surface area contributed by atoms with Gasteiger partial charge in [-0.2, -0.15) is 5.10 Å². The number of carbonyl (C=O) groups excluding carboxylic acids is 2. The molecule has 0 aliphatic heterocycles. The van der Waals surface area contributed by atoms with Crippen LogP contribution in [0.15, 0.2) is 65.8 Å². The summed E-state index contributed by atoms with van der Waals surface area (Å²) in [6.45, 7) is 1.54. The average molecular weight is 523 g/mol. The Morgan fingerprint density at radius 3 is 2.47 bits per heavy atom. The molecule has 0 radical (unpaired) electrons. The first-order valence-corrected chi connectivity index (χ1v) is 11.1. The molecular formula is C24H19Cl3FN3O3. The van der Waals surface area contributed by atoms with Crippen LogP contribution in [0.4, 0.5) is 10.1 Å². The van der Waals surface area contributed by atoms with Crippen molar-refractivity contribution in [2.75, 3.05) is 5.32 Å². The van der Waals surface area contributed by atoms with E-state index in [1.807, 2.05) is 0 Å². The summed E-state index contributed by atoms with van der Waals surface area (Å²) in [7, 11) is 0. The fraction of sp³-hybridized carbons (Fsp3) is 0.125. The number of carbonyl (C=O) groups is 2. The Balaban J connectivity index is 1.63. The van der Waals surface area contributed by atoms with Crippen LogP contribution in [0.5, 0.6) is 5.75 Å². The van der Waals surface area contributed by atoms with E-state index in [4.69, 9.17) is 39.5 Å². The molecule has 2 N–H and O–H groups in total. The average Bonchev–Trinajstić information content (AvgIpc) is 2.80. The minimum absolute atomic E-state index is 0.0165. The molecule has 3 rings (SSSR count). The maximum Gasteiger partial charge on any atom is 0.252 e. The summed E-state index contributed by atoms with van der Waals surface area (Å²) in [6, 6.07) is 15.6. The first-order chi connectivity index (χ1) is 16.2. The van der Waals surface area contributed by atoms with Crippen molar-refractivity contribution in [3.05, 3.63) is 92.7 Å². The number of rotatable bonds is 8. The second-order valence-electron chi connectivity index (χ2n) is 7.13. The van der Waals surface area contributed by atoms with Gasteiger partial charge in [-0.05, 0) is 49.4 Å². The van der Waals surface area contributed by atoms with E-state index in [1.165, 1.54) is 31.3 Å². The maximum atomic E-state index is 13.7. The van der Waals surface area contributed by atoms with Crippen molar-refractivity contribution in [3.8, 4) is 5.75 Å². The summed E-state index contributed by atoms with van der Waals surface area (Å²) in [4.78, 5) is 24.6. The number of hydrogen-bond donors (Lipinski definition) is 2. The summed E-state index contributed by atoms with van der Waals surface area (Å²) in [6.07, 6.45) is 1.34. The van der Waals surface area contributed by atoms with Crippen LogP contribution >= 0.6 is 34.8 Å². The summed E-state index contributed by atoms with van der Waals surface area (Å²) >= 11 is 18.2. The molecule has 0 saturated carbocycles. The molecule has 1 atom stereocenters. The summed E-state index contributed by atoms with van der Waals surface area (Å²) in [5.41, 5.74) is 3.49. The third-order valence-electron chi connectivity index (χ3n) is 4.67. The SMILES string of the molecule is CC(C(=O)NN=Cc1cc(Cl)ccc1OCc1ccc(Cl)cc1Cl)C(=O)Nc1ccccc1F. The maximum absolute atomic E-state index is 13.7. The van der Waals surface area contributed by atoms with E-state index >= 15 is 0 Å². The lowest BCUT2D eigenvalue weighted by Crippen LogP contribution is -2.34. The summed E-state index contributed by atoms with van der Waals surface area (Å²) < 4.78 is 19.5. The molecule has 0 saturated heterocycles. The molecule has 10 heteroatoms. The van der Waals surface area contributed by atoms with Crippen LogP contribution in [0.25, 0.3) is 0 Å². The number of nitrogens with zero attached hydrogens (tertiary/aromatic N) is 1. The molecule has 176 valence electrons. The zero-order valence-corrected chi connectivity index (χ0v) is 20.1. The summed E-state index contributed by atoms with van der Waals surface area (Å²) in [5.74, 6) is -2.64. The lowest BCUT2D eigenvalue weighted by Gasteiger charge is -2.12. The predicted molar refractivity (Wildman–Crippen MR) is 132 cm³/mol. The van der Waals surface area contributed by atoms with Crippen molar-refractivity contribution < 1.29 is 18.7 Å². The fourth-order valence-corrected chi connectivity index (χ4v) is 3.37. The van der Waals surface area contributed by atoms with Crippen LogP contribution in [0, 0.1) is 11.7 Å². The van der Waals surface area contributed by atoms with Crippen molar-refractivity contribution in [1.82, 2.24) is 5.43 Å². The largest absolute Gasteiger partial charge is 0.488 e. The van der Waals surface area contributed by atoms with Gasteiger partial charge in [-0.1, -0.05) is 53.0 Å². The highest BCUT2D eigenvalue weighted by molar-refractivity contribution is 6.35. The third-order valence-corrected chi connectivity index (χ3v) is 5.49. The second kappa shape index (κ2) is 11.8. The second-order valence-corrected chi connectivity index (χ2v) is 8.41. The van der Waals surface area contributed by atoms with Gasteiger partial charge in [0.25, 0.3) is 5.91 Å². The Labute approximate surface area is 210 Å². The number of benzene rings is 3. The first-order valence-electron chi connectivity index (χ1n) is 9.99. The monoisotopic (exact) mass is 521 g/mol. The molecule has 1 unspecified atom stereocenters. The van der Waals surface area contributed by atoms with Crippen molar-refractivity contribution >= 4 is 58.5 Å². The predicted octanol–water partition coefficient (Wildman–Crippen LogP) is 6.09. The fourth-order valence-electron chi connectivity index (χ4n) is 2.73. The van der Waals surface area contributed by atoms with Crippen molar-refractivity contribution in [3.63, 3.8) is 0 Å². The Bertz CT molecular complexity index is 1240. The number of para-hydroxylation sites is 1. The molecule has 6 nitrogen and oxygen atoms in total. The molecule has 34 heavy (non-hydrogen) atoms. The number of ether oxygens (including phenoxy) is 1. The molecule has 2 amide bonds. The van der Waals surface area contributed by atoms with Crippen molar-refractivity contribution in [2.24, 2.45) is 11.0 Å². The van der Waals surface area contributed by atoms with Gasteiger partial charge in [0, 0.05) is 26.2 Å². The van der Waals surface area contributed by atoms with Gasteiger partial charge < -0.3 is 10.1 Å². The Hall–Kier alpha value is -3.13. The van der Waals surface area contributed by atoms with Gasteiger partial charge in [-0.15, -0.1) is 0 Å². The summed E-state index contributed by atoms with van der Waals surface area (Å²) in [5, 5.41) is 7.68. The highest BCUT2D eigenvalue weighted by atomic mass is 35.5. The minimum atomic E-state index is -1.13. The Morgan fingerprint density at radius 1 is 1.03 bits per heavy atom. The van der Waals surface area contributed by atoms with Crippen LogP contribution < -0.4 is 15.5 Å². The Kier molecular flexibility index (Phi) is 8.87. The van der Waals surface area contributed by atoms with Gasteiger partial charge in [0.1, 0.15) is 24.1 Å². The van der Waals surface area contributed by atoms with Gasteiger partial charge in [-0.3, -0.25) is 9.59 Å². The van der Waals surface area contributed by atoms with E-state index in [0.717, 1.165) is 5.56 Å². The van der Waals surface area contributed by atoms with Crippen molar-refractivity contribution in [2.45, 2.75) is 13.5 Å². The number of hydrazone groups is 1. The first kappa shape index (κ1) is 25.5. The van der Waals surface area contributed by atoms with Gasteiger partial charge in [-0.25, -0.2) is 9.82 Å². The molecule has 0 aliphatic rings. The quantitative estimate of drug-likeness (QED) is 0.213. The topological polar surface area (TPSA) is 79.8 Å².